The smallest absolute Gasteiger partial charge is 0.0615 e. The first-order valence-electron chi connectivity index (χ1n) is 4.97. The van der Waals surface area contributed by atoms with Gasteiger partial charge in [0.25, 0.3) is 0 Å². The highest BCUT2D eigenvalue weighted by Crippen LogP contribution is 2.58. The van der Waals surface area contributed by atoms with E-state index in [-0.39, 0.29) is 6.61 Å². The molecule has 0 aromatic rings. The van der Waals surface area contributed by atoms with Crippen LogP contribution in [0.5, 0.6) is 0 Å². The molecule has 0 aliphatic heterocycles. The highest BCUT2D eigenvalue weighted by Gasteiger charge is 2.48. The summed E-state index contributed by atoms with van der Waals surface area (Å²) < 4.78 is 0. The minimum absolute atomic E-state index is 0.224. The van der Waals surface area contributed by atoms with Crippen molar-refractivity contribution in [1.82, 2.24) is 0 Å². The Bertz CT molecular complexity index is 215. The van der Waals surface area contributed by atoms with Gasteiger partial charge in [-0.25, -0.2) is 0 Å². The van der Waals surface area contributed by atoms with Crippen molar-refractivity contribution in [2.24, 2.45) is 17.3 Å². The van der Waals surface area contributed by atoms with Crippen LogP contribution in [0, 0.1) is 17.3 Å². The van der Waals surface area contributed by atoms with E-state index in [4.69, 9.17) is 5.11 Å². The minimum Gasteiger partial charge on any atom is -0.392 e. The van der Waals surface area contributed by atoms with Crippen molar-refractivity contribution in [3.05, 3.63) is 11.6 Å². The Balaban J connectivity index is 2.29. The van der Waals surface area contributed by atoms with Crippen LogP contribution in [-0.4, -0.2) is 11.7 Å². The molecule has 1 N–H and O–H groups in total. The van der Waals surface area contributed by atoms with Gasteiger partial charge in [-0.2, -0.15) is 0 Å². The van der Waals surface area contributed by atoms with Gasteiger partial charge in [-0.15, -0.1) is 0 Å². The van der Waals surface area contributed by atoms with Gasteiger partial charge in [0.05, 0.1) is 6.61 Å². The number of hydrogen-bond acceptors (Lipinski definition) is 1. The molecular formula is C11H18O. The quantitative estimate of drug-likeness (QED) is 0.593. The normalized spacial score (nSPS) is 41.1. The number of aliphatic hydroxyl groups excluding tert-OH is 1. The Kier molecular flexibility index (Phi) is 1.80. The molecule has 0 amide bonds. The summed E-state index contributed by atoms with van der Waals surface area (Å²) in [7, 11) is 0. The summed E-state index contributed by atoms with van der Waals surface area (Å²) in [5.41, 5.74) is 1.91. The molecule has 1 nitrogen and oxygen atoms in total. The fourth-order valence-corrected chi connectivity index (χ4v) is 3.21. The van der Waals surface area contributed by atoms with Gasteiger partial charge in [0.2, 0.25) is 0 Å². The van der Waals surface area contributed by atoms with Gasteiger partial charge in [0.15, 0.2) is 0 Å². The first-order valence-corrected chi connectivity index (χ1v) is 4.97. The maximum absolute atomic E-state index is 8.91. The largest absolute Gasteiger partial charge is 0.392 e. The number of rotatable bonds is 1. The third kappa shape index (κ3) is 0.957. The highest BCUT2D eigenvalue weighted by atomic mass is 16.2. The lowest BCUT2D eigenvalue weighted by Gasteiger charge is -2.32. The molecular weight excluding hydrogens is 148 g/mol. The van der Waals surface area contributed by atoms with E-state index in [0.717, 1.165) is 11.8 Å². The van der Waals surface area contributed by atoms with Gasteiger partial charge < -0.3 is 5.11 Å². The predicted octanol–water partition coefficient (Wildman–Crippen LogP) is 2.36. The molecule has 12 heavy (non-hydrogen) atoms. The zero-order chi connectivity index (χ0) is 8.77. The molecule has 1 heteroatoms. The third-order valence-corrected chi connectivity index (χ3v) is 3.95. The van der Waals surface area contributed by atoms with Crippen LogP contribution in [0.25, 0.3) is 0 Å². The third-order valence-electron chi connectivity index (χ3n) is 3.95. The highest BCUT2D eigenvalue weighted by molar-refractivity contribution is 5.25. The summed E-state index contributed by atoms with van der Waals surface area (Å²) in [4.78, 5) is 0. The number of fused-ring (bicyclic) bond motifs is 2. The van der Waals surface area contributed by atoms with Crippen LogP contribution in [0.2, 0.25) is 0 Å². The topological polar surface area (TPSA) is 20.2 Å². The summed E-state index contributed by atoms with van der Waals surface area (Å²) in [5, 5.41) is 8.91. The Morgan fingerprint density at radius 3 is 2.75 bits per heavy atom. The van der Waals surface area contributed by atoms with Crippen molar-refractivity contribution in [3.63, 3.8) is 0 Å². The van der Waals surface area contributed by atoms with Crippen LogP contribution in [-0.2, 0) is 0 Å². The summed E-state index contributed by atoms with van der Waals surface area (Å²) >= 11 is 0. The Morgan fingerprint density at radius 2 is 2.25 bits per heavy atom. The van der Waals surface area contributed by atoms with Gasteiger partial charge in [-0.05, 0) is 36.5 Å². The molecule has 2 bridgehead atoms. The molecule has 2 aliphatic carbocycles. The lowest BCUT2D eigenvalue weighted by molar-refractivity contribution is 0.280. The van der Waals surface area contributed by atoms with E-state index in [1.165, 1.54) is 24.8 Å². The molecule has 2 atom stereocenters. The average Bonchev–Trinajstić information content (AvgIpc) is 2.53. The number of allylic oxidation sites excluding steroid dienone is 1. The maximum atomic E-state index is 8.91. The van der Waals surface area contributed by atoms with E-state index in [1.807, 2.05) is 6.08 Å². The monoisotopic (exact) mass is 166 g/mol. The standard InChI is InChI=1S/C11H18O/c1-11(2)9-4-3-8(7-9)10(11)5-6-12/h5,8-9,12H,3-4,6-7H2,1-2H3/b10-5+/t8-,9+/m1/s1. The van der Waals surface area contributed by atoms with Crippen LogP contribution in [0.3, 0.4) is 0 Å². The van der Waals surface area contributed by atoms with Crippen molar-refractivity contribution in [2.45, 2.75) is 33.1 Å². The van der Waals surface area contributed by atoms with Crippen LogP contribution in [0.4, 0.5) is 0 Å². The first-order chi connectivity index (χ1) is 5.66. The first kappa shape index (κ1) is 8.31. The van der Waals surface area contributed by atoms with E-state index >= 15 is 0 Å². The Morgan fingerprint density at radius 1 is 1.50 bits per heavy atom. The van der Waals surface area contributed by atoms with Gasteiger partial charge in [0, 0.05) is 0 Å². The molecule has 0 aromatic heterocycles. The number of aliphatic hydroxyl groups is 1. The van der Waals surface area contributed by atoms with Crippen LogP contribution >= 0.6 is 0 Å². The van der Waals surface area contributed by atoms with Crippen molar-refractivity contribution in [2.75, 3.05) is 6.61 Å². The molecule has 0 aromatic carbocycles. The van der Waals surface area contributed by atoms with Gasteiger partial charge in [-0.3, -0.25) is 0 Å². The molecule has 0 radical (unpaired) electrons. The van der Waals surface area contributed by atoms with Gasteiger partial charge in [-0.1, -0.05) is 25.5 Å². The Hall–Kier alpha value is -0.300. The molecule has 0 unspecified atom stereocenters. The van der Waals surface area contributed by atoms with Crippen LogP contribution in [0.15, 0.2) is 11.6 Å². The second-order valence-electron chi connectivity index (χ2n) is 4.77. The zero-order valence-corrected chi connectivity index (χ0v) is 8.01. The lowest BCUT2D eigenvalue weighted by atomic mass is 9.73. The second kappa shape index (κ2) is 2.59. The molecule has 0 saturated heterocycles. The van der Waals surface area contributed by atoms with E-state index in [0.29, 0.717) is 5.41 Å². The second-order valence-corrected chi connectivity index (χ2v) is 4.77. The van der Waals surface area contributed by atoms with Crippen molar-refractivity contribution >= 4 is 0 Å². The Labute approximate surface area is 74.5 Å². The molecule has 2 rings (SSSR count). The minimum atomic E-state index is 0.224. The summed E-state index contributed by atoms with van der Waals surface area (Å²) in [5.74, 6) is 1.69. The van der Waals surface area contributed by atoms with E-state index in [2.05, 4.69) is 13.8 Å². The van der Waals surface area contributed by atoms with E-state index in [9.17, 15) is 0 Å². The summed E-state index contributed by atoms with van der Waals surface area (Å²) in [6.07, 6.45) is 6.18. The van der Waals surface area contributed by atoms with E-state index in [1.54, 1.807) is 0 Å². The molecule has 0 spiro atoms. The predicted molar refractivity (Wildman–Crippen MR) is 49.8 cm³/mol. The van der Waals surface area contributed by atoms with Gasteiger partial charge in [0.1, 0.15) is 0 Å². The van der Waals surface area contributed by atoms with Crippen molar-refractivity contribution < 1.29 is 5.11 Å². The summed E-state index contributed by atoms with van der Waals surface area (Å²) in [6, 6.07) is 0. The fraction of sp³-hybridized carbons (Fsp3) is 0.818. The maximum Gasteiger partial charge on any atom is 0.0615 e. The number of hydrogen-bond donors (Lipinski definition) is 1. The zero-order valence-electron chi connectivity index (χ0n) is 8.01. The molecule has 2 fully saturated rings. The molecule has 68 valence electrons. The van der Waals surface area contributed by atoms with Gasteiger partial charge >= 0.3 is 0 Å². The molecule has 0 heterocycles. The average molecular weight is 166 g/mol. The molecule has 2 saturated carbocycles. The molecule has 2 aliphatic rings. The van der Waals surface area contributed by atoms with Crippen LogP contribution in [0.1, 0.15) is 33.1 Å². The van der Waals surface area contributed by atoms with Crippen molar-refractivity contribution in [1.29, 1.82) is 0 Å². The lowest BCUT2D eigenvalue weighted by Crippen LogP contribution is -2.23. The van der Waals surface area contributed by atoms with Crippen LogP contribution < -0.4 is 0 Å². The van der Waals surface area contributed by atoms with E-state index < -0.39 is 0 Å². The SMILES string of the molecule is CC1(C)/C(=C/CO)[C@@H]2CC[C@H]1C2. The van der Waals surface area contributed by atoms with Crippen molar-refractivity contribution in [3.8, 4) is 0 Å². The fourth-order valence-electron chi connectivity index (χ4n) is 3.21. The summed E-state index contributed by atoms with van der Waals surface area (Å²) in [6.45, 7) is 4.89.